The molecule has 0 saturated carbocycles. The summed E-state index contributed by atoms with van der Waals surface area (Å²) in [5.74, 6) is 1.28. The predicted octanol–water partition coefficient (Wildman–Crippen LogP) is 3.78. The maximum Gasteiger partial charge on any atom is 0.230 e. The molecular weight excluding hydrogens is 314 g/mol. The number of rotatable bonds is 8. The van der Waals surface area contributed by atoms with Crippen molar-refractivity contribution in [2.24, 2.45) is 11.8 Å². The van der Waals surface area contributed by atoms with Gasteiger partial charge in [-0.05, 0) is 37.3 Å². The molecule has 0 unspecified atom stereocenters. The summed E-state index contributed by atoms with van der Waals surface area (Å²) < 4.78 is 5.34. The highest BCUT2D eigenvalue weighted by Crippen LogP contribution is 2.32. The average molecular weight is 345 g/mol. The number of anilines is 1. The van der Waals surface area contributed by atoms with E-state index < -0.39 is 0 Å². The van der Waals surface area contributed by atoms with Crippen LogP contribution in [0.3, 0.4) is 0 Å². The second kappa shape index (κ2) is 9.44. The number of nitrogens with one attached hydrogen (secondary N) is 1. The van der Waals surface area contributed by atoms with Gasteiger partial charge in [0.2, 0.25) is 5.91 Å². The lowest BCUT2D eigenvalue weighted by molar-refractivity contribution is -0.132. The number of carbonyl (C=O) groups excluding carboxylic acids is 1. The van der Waals surface area contributed by atoms with Gasteiger partial charge in [-0.1, -0.05) is 25.8 Å². The molecule has 1 N–H and O–H groups in total. The van der Waals surface area contributed by atoms with Gasteiger partial charge in [-0.3, -0.25) is 10.2 Å². The van der Waals surface area contributed by atoms with Crippen molar-refractivity contribution >= 4 is 17.9 Å². The number of hydrogen-bond donors (Lipinski definition) is 1. The molecule has 138 valence electrons. The van der Waals surface area contributed by atoms with Crippen LogP contribution < -0.4 is 9.64 Å². The lowest BCUT2D eigenvalue weighted by Crippen LogP contribution is -2.44. The van der Waals surface area contributed by atoms with Gasteiger partial charge in [0.05, 0.1) is 13.4 Å². The van der Waals surface area contributed by atoms with Crippen LogP contribution >= 0.6 is 0 Å². The van der Waals surface area contributed by atoms with Crippen molar-refractivity contribution < 1.29 is 9.53 Å². The van der Waals surface area contributed by atoms with Crippen LogP contribution in [0.2, 0.25) is 0 Å². The van der Waals surface area contributed by atoms with Gasteiger partial charge < -0.3 is 14.5 Å². The maximum atomic E-state index is 12.8. The predicted molar refractivity (Wildman–Crippen MR) is 102 cm³/mol. The Balaban J connectivity index is 2.14. The minimum Gasteiger partial charge on any atom is -0.497 e. The van der Waals surface area contributed by atoms with Gasteiger partial charge in [-0.15, -0.1) is 0 Å². The molecule has 0 bridgehead atoms. The smallest absolute Gasteiger partial charge is 0.230 e. The zero-order valence-electron chi connectivity index (χ0n) is 15.7. The molecular formula is C20H31N3O2. The van der Waals surface area contributed by atoms with E-state index in [1.165, 1.54) is 4.90 Å². The molecule has 1 aliphatic rings. The summed E-state index contributed by atoms with van der Waals surface area (Å²) in [6.07, 6.45) is 6.34. The maximum absolute atomic E-state index is 12.8. The molecule has 1 aromatic rings. The van der Waals surface area contributed by atoms with Crippen molar-refractivity contribution in [3.63, 3.8) is 0 Å². The van der Waals surface area contributed by atoms with Gasteiger partial charge in [0.15, 0.2) is 0 Å². The Labute approximate surface area is 151 Å². The summed E-state index contributed by atoms with van der Waals surface area (Å²) >= 11 is 0. The molecule has 2 rings (SSSR count). The topological polar surface area (TPSA) is 56.6 Å². The Morgan fingerprint density at radius 2 is 2.32 bits per heavy atom. The Morgan fingerprint density at radius 1 is 1.52 bits per heavy atom. The lowest BCUT2D eigenvalue weighted by atomic mass is 9.81. The van der Waals surface area contributed by atoms with Crippen LogP contribution in [-0.2, 0) is 4.79 Å². The third-order valence-electron chi connectivity index (χ3n) is 5.17. The van der Waals surface area contributed by atoms with E-state index in [9.17, 15) is 4.79 Å². The molecule has 0 aromatic heterocycles. The summed E-state index contributed by atoms with van der Waals surface area (Å²) in [6, 6.07) is 8.14. The van der Waals surface area contributed by atoms with Crippen molar-refractivity contribution in [2.45, 2.75) is 39.0 Å². The third kappa shape index (κ3) is 4.97. The molecule has 0 radical (unpaired) electrons. The van der Waals surface area contributed by atoms with Crippen molar-refractivity contribution in [1.29, 1.82) is 5.41 Å². The molecule has 2 atom stereocenters. The Hall–Kier alpha value is -2.04. The van der Waals surface area contributed by atoms with Gasteiger partial charge in [0.1, 0.15) is 5.75 Å². The van der Waals surface area contributed by atoms with Crippen molar-refractivity contribution in [1.82, 2.24) is 4.90 Å². The minimum absolute atomic E-state index is 0.0000391. The molecule has 0 spiro atoms. The number of ether oxygens (including phenoxy) is 1. The number of carbonyl (C=O) groups is 1. The van der Waals surface area contributed by atoms with E-state index >= 15 is 0 Å². The fraction of sp³-hybridized carbons (Fsp3) is 0.600. The van der Waals surface area contributed by atoms with Crippen molar-refractivity contribution in [3.8, 4) is 5.75 Å². The zero-order chi connectivity index (χ0) is 18.2. The van der Waals surface area contributed by atoms with Gasteiger partial charge in [0.25, 0.3) is 0 Å². The van der Waals surface area contributed by atoms with Gasteiger partial charge >= 0.3 is 0 Å². The Kier molecular flexibility index (Phi) is 7.29. The molecule has 5 heteroatoms. The van der Waals surface area contributed by atoms with Crippen LogP contribution in [0.25, 0.3) is 0 Å². The second-order valence-electron chi connectivity index (χ2n) is 6.88. The second-order valence-corrected chi connectivity index (χ2v) is 6.88. The Bertz CT molecular complexity index is 576. The molecule has 0 aliphatic carbocycles. The zero-order valence-corrected chi connectivity index (χ0v) is 15.7. The van der Waals surface area contributed by atoms with Gasteiger partial charge in [-0.25, -0.2) is 0 Å². The number of methoxy groups -OCH3 is 1. The SMILES string of the molecule is CCCC[C@H](C(=O)N(C)C=N)[C@@H]1CCCN(c2cccc(OC)c2)C1. The van der Waals surface area contributed by atoms with Crippen LogP contribution in [0.15, 0.2) is 24.3 Å². The van der Waals surface area contributed by atoms with Crippen LogP contribution in [0.1, 0.15) is 39.0 Å². The number of amides is 1. The number of nitrogens with zero attached hydrogens (tertiary/aromatic N) is 2. The normalized spacial score (nSPS) is 18.5. The lowest BCUT2D eigenvalue weighted by Gasteiger charge is -2.38. The average Bonchev–Trinajstić information content (AvgIpc) is 2.67. The number of unbranched alkanes of at least 4 members (excludes halogenated alkanes) is 1. The van der Waals surface area contributed by atoms with Gasteiger partial charge in [-0.2, -0.15) is 0 Å². The number of piperidine rings is 1. The molecule has 25 heavy (non-hydrogen) atoms. The van der Waals surface area contributed by atoms with E-state index in [0.29, 0.717) is 5.92 Å². The first-order chi connectivity index (χ1) is 12.1. The summed E-state index contributed by atoms with van der Waals surface area (Å²) in [4.78, 5) is 16.6. The van der Waals surface area contributed by atoms with Crippen molar-refractivity contribution in [2.75, 3.05) is 32.1 Å². The monoisotopic (exact) mass is 345 g/mol. The van der Waals surface area contributed by atoms with Crippen LogP contribution in [0, 0.1) is 17.2 Å². The van der Waals surface area contributed by atoms with E-state index in [1.54, 1.807) is 14.2 Å². The highest BCUT2D eigenvalue weighted by atomic mass is 16.5. The van der Waals surface area contributed by atoms with Crippen LogP contribution in [0.4, 0.5) is 5.69 Å². The molecule has 1 fully saturated rings. The van der Waals surface area contributed by atoms with E-state index in [-0.39, 0.29) is 11.8 Å². The molecule has 1 aliphatic heterocycles. The van der Waals surface area contributed by atoms with E-state index in [4.69, 9.17) is 10.1 Å². The molecule has 1 heterocycles. The first kappa shape index (κ1) is 19.3. The number of hydrogen-bond acceptors (Lipinski definition) is 4. The number of benzene rings is 1. The molecule has 5 nitrogen and oxygen atoms in total. The molecule has 1 amide bonds. The summed E-state index contributed by atoms with van der Waals surface area (Å²) in [5, 5.41) is 7.40. The Morgan fingerprint density at radius 3 is 3.00 bits per heavy atom. The first-order valence-corrected chi connectivity index (χ1v) is 9.27. The molecule has 1 saturated heterocycles. The highest BCUT2D eigenvalue weighted by Gasteiger charge is 2.33. The summed E-state index contributed by atoms with van der Waals surface area (Å²) in [7, 11) is 3.38. The largest absolute Gasteiger partial charge is 0.497 e. The highest BCUT2D eigenvalue weighted by molar-refractivity contribution is 5.88. The van der Waals surface area contributed by atoms with E-state index in [1.807, 2.05) is 12.1 Å². The van der Waals surface area contributed by atoms with E-state index in [2.05, 4.69) is 24.0 Å². The molecule has 1 aromatic carbocycles. The first-order valence-electron chi connectivity index (χ1n) is 9.27. The van der Waals surface area contributed by atoms with Crippen LogP contribution in [-0.4, -0.2) is 44.4 Å². The van der Waals surface area contributed by atoms with E-state index in [0.717, 1.165) is 63.0 Å². The van der Waals surface area contributed by atoms with Crippen LogP contribution in [0.5, 0.6) is 5.75 Å². The summed E-state index contributed by atoms with van der Waals surface area (Å²) in [5.41, 5.74) is 1.16. The quantitative estimate of drug-likeness (QED) is 0.576. The summed E-state index contributed by atoms with van der Waals surface area (Å²) in [6.45, 7) is 4.06. The third-order valence-corrected chi connectivity index (χ3v) is 5.17. The van der Waals surface area contributed by atoms with Crippen molar-refractivity contribution in [3.05, 3.63) is 24.3 Å². The fourth-order valence-corrected chi connectivity index (χ4v) is 3.69. The minimum atomic E-state index is -0.0000391. The fourth-order valence-electron chi connectivity index (χ4n) is 3.69. The standard InChI is InChI=1S/C20H31N3O2/c1-4-5-11-19(20(24)22(2)15-21)16-8-7-12-23(14-16)17-9-6-10-18(13-17)25-3/h6,9-10,13,15-16,19,21H,4-5,7-8,11-12,14H2,1-3H3/t16-,19+/m1/s1. The van der Waals surface area contributed by atoms with Gasteiger partial charge in [0, 0.05) is 37.8 Å².